The van der Waals surface area contributed by atoms with E-state index in [1.807, 2.05) is 7.05 Å². The predicted molar refractivity (Wildman–Crippen MR) is 71.2 cm³/mol. The van der Waals surface area contributed by atoms with Gasteiger partial charge in [0.05, 0.1) is 17.7 Å². The summed E-state index contributed by atoms with van der Waals surface area (Å²) in [6, 6.07) is 5.13. The Kier molecular flexibility index (Phi) is 2.74. The van der Waals surface area contributed by atoms with E-state index >= 15 is 0 Å². The summed E-state index contributed by atoms with van der Waals surface area (Å²) in [5.41, 5.74) is 1.64. The first-order valence-electron chi connectivity index (χ1n) is 6.11. The molecule has 0 radical (unpaired) electrons. The highest BCUT2D eigenvalue weighted by Crippen LogP contribution is 2.24. The second-order valence-electron chi connectivity index (χ2n) is 4.58. The molecule has 2 aromatic rings. The topological polar surface area (TPSA) is 80.1 Å². The van der Waals surface area contributed by atoms with Crippen molar-refractivity contribution in [1.29, 1.82) is 0 Å². The number of anilines is 1. The van der Waals surface area contributed by atoms with E-state index < -0.39 is 0 Å². The van der Waals surface area contributed by atoms with Crippen molar-refractivity contribution in [3.05, 3.63) is 41.5 Å². The van der Waals surface area contributed by atoms with Gasteiger partial charge in [-0.05, 0) is 18.2 Å². The quantitative estimate of drug-likeness (QED) is 0.829. The maximum Gasteiger partial charge on any atom is 0.261 e. The van der Waals surface area contributed by atoms with E-state index in [4.69, 9.17) is 0 Å². The van der Waals surface area contributed by atoms with E-state index in [0.717, 1.165) is 16.4 Å². The van der Waals surface area contributed by atoms with Crippen LogP contribution in [0.5, 0.6) is 0 Å². The van der Waals surface area contributed by atoms with Gasteiger partial charge in [-0.15, -0.1) is 0 Å². The number of benzene rings is 1. The molecule has 7 heteroatoms. The van der Waals surface area contributed by atoms with Crippen molar-refractivity contribution in [3.63, 3.8) is 0 Å². The van der Waals surface area contributed by atoms with Gasteiger partial charge in [0.25, 0.3) is 11.8 Å². The second-order valence-corrected chi connectivity index (χ2v) is 4.58. The average Bonchev–Trinajstić information content (AvgIpc) is 2.95. The number of rotatable bonds is 3. The van der Waals surface area contributed by atoms with Crippen LogP contribution in [0.3, 0.4) is 0 Å². The molecule has 1 N–H and O–H groups in total. The zero-order valence-corrected chi connectivity index (χ0v) is 11.1. The summed E-state index contributed by atoms with van der Waals surface area (Å²) in [6.45, 7) is 0.493. The van der Waals surface area contributed by atoms with Crippen LogP contribution < -0.4 is 5.32 Å². The number of aromatic nitrogens is 3. The summed E-state index contributed by atoms with van der Waals surface area (Å²) in [7, 11) is 3.29. The SMILES string of the molecule is CN1C(=O)c2ccc(NCc3ncnn3C)cc2C1=O. The van der Waals surface area contributed by atoms with Crippen LogP contribution in [0.4, 0.5) is 5.69 Å². The molecule has 2 heterocycles. The summed E-state index contributed by atoms with van der Waals surface area (Å²) < 4.78 is 1.67. The van der Waals surface area contributed by atoms with Crippen molar-refractivity contribution in [2.45, 2.75) is 6.54 Å². The molecule has 0 aliphatic carbocycles. The number of carbonyl (C=O) groups is 2. The van der Waals surface area contributed by atoms with E-state index in [1.165, 1.54) is 13.4 Å². The number of imide groups is 1. The Labute approximate surface area is 115 Å². The second kappa shape index (κ2) is 4.44. The lowest BCUT2D eigenvalue weighted by atomic mass is 10.1. The van der Waals surface area contributed by atoms with Crippen LogP contribution in [0.1, 0.15) is 26.5 Å². The number of amides is 2. The first kappa shape index (κ1) is 12.3. The van der Waals surface area contributed by atoms with E-state index in [9.17, 15) is 9.59 Å². The third-order valence-corrected chi connectivity index (χ3v) is 3.35. The number of aryl methyl sites for hydroxylation is 1. The molecule has 7 nitrogen and oxygen atoms in total. The summed E-state index contributed by atoms with van der Waals surface area (Å²) in [5, 5.41) is 7.14. The highest BCUT2D eigenvalue weighted by Gasteiger charge is 2.32. The Morgan fingerprint density at radius 2 is 1.90 bits per heavy atom. The van der Waals surface area contributed by atoms with Gasteiger partial charge in [0.1, 0.15) is 12.2 Å². The van der Waals surface area contributed by atoms with Crippen LogP contribution in [0.2, 0.25) is 0 Å². The highest BCUT2D eigenvalue weighted by molar-refractivity contribution is 6.21. The monoisotopic (exact) mass is 271 g/mol. The van der Waals surface area contributed by atoms with Crippen LogP contribution in [-0.2, 0) is 13.6 Å². The smallest absolute Gasteiger partial charge is 0.261 e. The lowest BCUT2D eigenvalue weighted by molar-refractivity contribution is 0.0693. The van der Waals surface area contributed by atoms with Gasteiger partial charge in [0.2, 0.25) is 0 Å². The van der Waals surface area contributed by atoms with E-state index in [-0.39, 0.29) is 11.8 Å². The van der Waals surface area contributed by atoms with Crippen LogP contribution in [0.15, 0.2) is 24.5 Å². The fraction of sp³-hybridized carbons (Fsp3) is 0.231. The number of nitrogens with one attached hydrogen (secondary N) is 1. The lowest BCUT2D eigenvalue weighted by Crippen LogP contribution is -2.24. The van der Waals surface area contributed by atoms with Gasteiger partial charge in [-0.1, -0.05) is 0 Å². The van der Waals surface area contributed by atoms with Gasteiger partial charge in [-0.3, -0.25) is 19.2 Å². The summed E-state index contributed by atoms with van der Waals surface area (Å²) >= 11 is 0. The molecule has 0 saturated heterocycles. The molecule has 0 saturated carbocycles. The van der Waals surface area contributed by atoms with Crippen molar-refractivity contribution < 1.29 is 9.59 Å². The standard InChI is InChI=1S/C13H13N5O2/c1-17-12(19)9-4-3-8(5-10(9)13(17)20)14-6-11-15-7-16-18(11)2/h3-5,7,14H,6H2,1-2H3. The zero-order chi connectivity index (χ0) is 14.3. The molecule has 0 unspecified atom stereocenters. The molecule has 1 aliphatic heterocycles. The maximum absolute atomic E-state index is 11.9. The number of nitrogens with zero attached hydrogens (tertiary/aromatic N) is 4. The average molecular weight is 271 g/mol. The summed E-state index contributed by atoms with van der Waals surface area (Å²) in [6.07, 6.45) is 1.48. The Hall–Kier alpha value is -2.70. The molecule has 0 spiro atoms. The third kappa shape index (κ3) is 1.83. The minimum absolute atomic E-state index is 0.259. The van der Waals surface area contributed by atoms with E-state index in [1.54, 1.807) is 22.9 Å². The summed E-state index contributed by atoms with van der Waals surface area (Å²) in [5.74, 6) is 0.252. The molecule has 2 amide bonds. The fourth-order valence-electron chi connectivity index (χ4n) is 2.13. The van der Waals surface area contributed by atoms with Crippen LogP contribution in [-0.4, -0.2) is 38.5 Å². The van der Waals surface area contributed by atoms with Gasteiger partial charge >= 0.3 is 0 Å². The molecule has 3 rings (SSSR count). The lowest BCUT2D eigenvalue weighted by Gasteiger charge is -2.06. The van der Waals surface area contributed by atoms with Gasteiger partial charge < -0.3 is 5.32 Å². The fourth-order valence-corrected chi connectivity index (χ4v) is 2.13. The normalized spacial score (nSPS) is 13.8. The van der Waals surface area contributed by atoms with Crippen molar-refractivity contribution >= 4 is 17.5 Å². The Bertz CT molecular complexity index is 707. The van der Waals surface area contributed by atoms with Crippen molar-refractivity contribution in [2.24, 2.45) is 7.05 Å². The van der Waals surface area contributed by atoms with Gasteiger partial charge in [0.15, 0.2) is 0 Å². The van der Waals surface area contributed by atoms with Crippen molar-refractivity contribution in [2.75, 3.05) is 12.4 Å². The minimum Gasteiger partial charge on any atom is -0.378 e. The Balaban J connectivity index is 1.82. The van der Waals surface area contributed by atoms with Crippen molar-refractivity contribution in [3.8, 4) is 0 Å². The molecule has 0 fully saturated rings. The number of hydrogen-bond donors (Lipinski definition) is 1. The molecular weight excluding hydrogens is 258 g/mol. The van der Waals surface area contributed by atoms with Gasteiger partial charge in [-0.25, -0.2) is 4.98 Å². The highest BCUT2D eigenvalue weighted by atomic mass is 16.2. The maximum atomic E-state index is 11.9. The minimum atomic E-state index is -0.271. The molecule has 1 aliphatic rings. The number of carbonyl (C=O) groups excluding carboxylic acids is 2. The molecular formula is C13H13N5O2. The first-order valence-corrected chi connectivity index (χ1v) is 6.11. The Morgan fingerprint density at radius 3 is 2.60 bits per heavy atom. The molecule has 0 bridgehead atoms. The van der Waals surface area contributed by atoms with Crippen molar-refractivity contribution in [1.82, 2.24) is 19.7 Å². The van der Waals surface area contributed by atoms with Gasteiger partial charge in [0, 0.05) is 19.8 Å². The zero-order valence-electron chi connectivity index (χ0n) is 11.1. The van der Waals surface area contributed by atoms with Crippen LogP contribution in [0.25, 0.3) is 0 Å². The third-order valence-electron chi connectivity index (χ3n) is 3.35. The molecule has 0 atom stereocenters. The number of hydrogen-bond acceptors (Lipinski definition) is 5. The first-order chi connectivity index (χ1) is 9.58. The van der Waals surface area contributed by atoms with E-state index in [0.29, 0.717) is 17.7 Å². The molecule has 1 aromatic heterocycles. The Morgan fingerprint density at radius 1 is 1.15 bits per heavy atom. The molecule has 1 aromatic carbocycles. The van der Waals surface area contributed by atoms with E-state index in [2.05, 4.69) is 15.4 Å². The predicted octanol–water partition coefficient (Wildman–Crippen LogP) is 0.653. The molecule has 20 heavy (non-hydrogen) atoms. The van der Waals surface area contributed by atoms with Gasteiger partial charge in [-0.2, -0.15) is 5.10 Å². The number of fused-ring (bicyclic) bond motifs is 1. The molecule has 102 valence electrons. The summed E-state index contributed by atoms with van der Waals surface area (Å²) in [4.78, 5) is 28.9. The van der Waals surface area contributed by atoms with Crippen LogP contribution in [0, 0.1) is 0 Å². The van der Waals surface area contributed by atoms with Crippen LogP contribution >= 0.6 is 0 Å². The largest absolute Gasteiger partial charge is 0.378 e.